The van der Waals surface area contributed by atoms with E-state index in [1.165, 1.54) is 30.7 Å². The van der Waals surface area contributed by atoms with Crippen LogP contribution in [0.2, 0.25) is 0 Å². The number of amides is 1. The third-order valence-corrected chi connectivity index (χ3v) is 7.49. The zero-order valence-corrected chi connectivity index (χ0v) is 17.2. The first-order valence-corrected chi connectivity index (χ1v) is 10.5. The second kappa shape index (κ2) is 6.93. The largest absolute Gasteiger partial charge is 0.497 e. The fourth-order valence-electron chi connectivity index (χ4n) is 4.03. The van der Waals surface area contributed by atoms with Crippen LogP contribution in [0.25, 0.3) is 0 Å². The predicted octanol–water partition coefficient (Wildman–Crippen LogP) is 2.00. The van der Waals surface area contributed by atoms with Crippen molar-refractivity contribution in [2.45, 2.75) is 16.7 Å². The Morgan fingerprint density at radius 1 is 1.00 bits per heavy atom. The van der Waals surface area contributed by atoms with Crippen molar-refractivity contribution < 1.29 is 27.4 Å². The van der Waals surface area contributed by atoms with Crippen LogP contribution in [-0.2, 0) is 20.2 Å². The number of hydrogen-bond donors (Lipinski definition) is 1. The van der Waals surface area contributed by atoms with Gasteiger partial charge in [0.2, 0.25) is 15.9 Å². The molecular formula is C20H22N2O6S. The molecule has 2 aromatic rings. The van der Waals surface area contributed by atoms with Crippen LogP contribution in [0, 0.1) is 0 Å². The van der Waals surface area contributed by atoms with Gasteiger partial charge < -0.3 is 19.5 Å². The maximum atomic E-state index is 13.3. The van der Waals surface area contributed by atoms with Crippen molar-refractivity contribution in [3.05, 3.63) is 42.0 Å². The van der Waals surface area contributed by atoms with Gasteiger partial charge in [0.1, 0.15) is 5.75 Å². The van der Waals surface area contributed by atoms with Gasteiger partial charge in [-0.05, 0) is 42.3 Å². The van der Waals surface area contributed by atoms with Gasteiger partial charge in [0.15, 0.2) is 11.5 Å². The van der Waals surface area contributed by atoms with Crippen LogP contribution in [0.15, 0.2) is 41.3 Å². The number of carbonyl (C=O) groups excluding carboxylic acids is 1. The summed E-state index contributed by atoms with van der Waals surface area (Å²) in [5, 5.41) is 2.87. The molecule has 29 heavy (non-hydrogen) atoms. The molecule has 2 aliphatic heterocycles. The van der Waals surface area contributed by atoms with Gasteiger partial charge in [-0.3, -0.25) is 4.79 Å². The molecule has 1 saturated heterocycles. The van der Waals surface area contributed by atoms with E-state index in [0.29, 0.717) is 29.4 Å². The summed E-state index contributed by atoms with van der Waals surface area (Å²) in [7, 11) is 0.679. The highest BCUT2D eigenvalue weighted by molar-refractivity contribution is 7.89. The minimum atomic E-state index is -3.81. The van der Waals surface area contributed by atoms with Gasteiger partial charge in [0.05, 0.1) is 31.6 Å². The van der Waals surface area contributed by atoms with Crippen molar-refractivity contribution in [2.75, 3.05) is 39.7 Å². The van der Waals surface area contributed by atoms with E-state index in [-0.39, 0.29) is 23.9 Å². The molecular weight excluding hydrogens is 396 g/mol. The Labute approximate surface area is 169 Å². The molecule has 1 unspecified atom stereocenters. The minimum absolute atomic E-state index is 0.0652. The smallest absolute Gasteiger partial charge is 0.243 e. The third-order valence-electron chi connectivity index (χ3n) is 5.65. The number of methoxy groups -OCH3 is 3. The van der Waals surface area contributed by atoms with Gasteiger partial charge in [-0.1, -0.05) is 0 Å². The topological polar surface area (TPSA) is 94.2 Å². The fraction of sp³-hybridized carbons (Fsp3) is 0.350. The summed E-state index contributed by atoms with van der Waals surface area (Å²) in [6.45, 7) is 0.302. The standard InChI is InChI=1S/C20H22N2O6S/c1-26-13-4-6-16-15(10-13)20(19(23)21-16)8-9-22(12-20)29(24,25)14-5-7-17(27-2)18(11-14)28-3/h4-7,10-11H,8-9,12H2,1-3H3,(H,21,23). The summed E-state index contributed by atoms with van der Waals surface area (Å²) in [6, 6.07) is 9.83. The lowest BCUT2D eigenvalue weighted by Gasteiger charge is -2.23. The monoisotopic (exact) mass is 418 g/mol. The number of rotatable bonds is 5. The molecule has 154 valence electrons. The van der Waals surface area contributed by atoms with E-state index in [1.807, 2.05) is 0 Å². The number of nitrogens with one attached hydrogen (secondary N) is 1. The van der Waals surface area contributed by atoms with Crippen molar-refractivity contribution in [3.8, 4) is 17.2 Å². The van der Waals surface area contributed by atoms with E-state index in [9.17, 15) is 13.2 Å². The summed E-state index contributed by atoms with van der Waals surface area (Å²) in [4.78, 5) is 12.9. The van der Waals surface area contributed by atoms with Crippen LogP contribution < -0.4 is 19.5 Å². The van der Waals surface area contributed by atoms with E-state index in [2.05, 4.69) is 5.32 Å². The van der Waals surface area contributed by atoms with E-state index >= 15 is 0 Å². The van der Waals surface area contributed by atoms with Crippen molar-refractivity contribution >= 4 is 21.6 Å². The summed E-state index contributed by atoms with van der Waals surface area (Å²) < 4.78 is 43.6. The van der Waals surface area contributed by atoms with E-state index < -0.39 is 15.4 Å². The molecule has 1 fully saturated rings. The molecule has 0 bridgehead atoms. The summed E-state index contributed by atoms with van der Waals surface area (Å²) in [5.41, 5.74) is 0.543. The average Bonchev–Trinajstić information content (AvgIpc) is 3.31. The number of carbonyl (C=O) groups is 1. The summed E-state index contributed by atoms with van der Waals surface area (Å²) >= 11 is 0. The second-order valence-corrected chi connectivity index (χ2v) is 8.99. The molecule has 0 aromatic heterocycles. The van der Waals surface area contributed by atoms with Crippen LogP contribution in [0.4, 0.5) is 5.69 Å². The molecule has 0 saturated carbocycles. The van der Waals surface area contributed by atoms with Crippen molar-refractivity contribution in [1.29, 1.82) is 0 Å². The molecule has 2 aromatic carbocycles. The fourth-order valence-corrected chi connectivity index (χ4v) is 5.55. The number of hydrogen-bond acceptors (Lipinski definition) is 6. The lowest BCUT2D eigenvalue weighted by Crippen LogP contribution is -2.39. The summed E-state index contributed by atoms with van der Waals surface area (Å²) in [5.74, 6) is 1.21. The quantitative estimate of drug-likeness (QED) is 0.798. The van der Waals surface area contributed by atoms with Crippen LogP contribution in [0.1, 0.15) is 12.0 Å². The van der Waals surface area contributed by atoms with E-state index in [0.717, 1.165) is 5.56 Å². The second-order valence-electron chi connectivity index (χ2n) is 7.05. The Morgan fingerprint density at radius 2 is 1.76 bits per heavy atom. The number of nitrogens with zero attached hydrogens (tertiary/aromatic N) is 1. The van der Waals surface area contributed by atoms with Gasteiger partial charge in [-0.25, -0.2) is 8.42 Å². The van der Waals surface area contributed by atoms with Crippen molar-refractivity contribution in [1.82, 2.24) is 4.31 Å². The Morgan fingerprint density at radius 3 is 2.45 bits per heavy atom. The maximum Gasteiger partial charge on any atom is 0.243 e. The number of benzene rings is 2. The number of anilines is 1. The lowest BCUT2D eigenvalue weighted by molar-refractivity contribution is -0.120. The van der Waals surface area contributed by atoms with Gasteiger partial charge in [-0.15, -0.1) is 0 Å². The first-order chi connectivity index (χ1) is 13.9. The highest BCUT2D eigenvalue weighted by atomic mass is 32.2. The zero-order valence-electron chi connectivity index (χ0n) is 16.4. The van der Waals surface area contributed by atoms with Crippen molar-refractivity contribution in [2.24, 2.45) is 0 Å². The van der Waals surface area contributed by atoms with Crippen LogP contribution in [0.3, 0.4) is 0 Å². The van der Waals surface area contributed by atoms with Crippen LogP contribution in [-0.4, -0.2) is 53.0 Å². The molecule has 0 aliphatic carbocycles. The molecule has 1 N–H and O–H groups in total. The van der Waals surface area contributed by atoms with Gasteiger partial charge in [0.25, 0.3) is 0 Å². The highest BCUT2D eigenvalue weighted by Gasteiger charge is 2.53. The molecule has 1 atom stereocenters. The van der Waals surface area contributed by atoms with Gasteiger partial charge in [0, 0.05) is 24.8 Å². The Balaban J connectivity index is 1.69. The first kappa shape index (κ1) is 19.5. The molecule has 9 heteroatoms. The minimum Gasteiger partial charge on any atom is -0.497 e. The molecule has 4 rings (SSSR count). The zero-order chi connectivity index (χ0) is 20.8. The highest BCUT2D eigenvalue weighted by Crippen LogP contribution is 2.46. The predicted molar refractivity (Wildman–Crippen MR) is 106 cm³/mol. The maximum absolute atomic E-state index is 13.3. The molecule has 1 spiro atoms. The van der Waals surface area contributed by atoms with Crippen LogP contribution >= 0.6 is 0 Å². The first-order valence-electron chi connectivity index (χ1n) is 9.08. The molecule has 2 heterocycles. The number of sulfonamides is 1. The Hall–Kier alpha value is -2.78. The van der Waals surface area contributed by atoms with Gasteiger partial charge in [-0.2, -0.15) is 4.31 Å². The van der Waals surface area contributed by atoms with Crippen molar-refractivity contribution in [3.63, 3.8) is 0 Å². The van der Waals surface area contributed by atoms with E-state index in [4.69, 9.17) is 14.2 Å². The normalized spacial score (nSPS) is 21.1. The summed E-state index contributed by atoms with van der Waals surface area (Å²) in [6.07, 6.45) is 0.394. The SMILES string of the molecule is COc1ccc2c(c1)C1(CCN(S(=O)(=O)c3ccc(OC)c(OC)c3)C1)C(=O)N2. The average molecular weight is 418 g/mol. The molecule has 8 nitrogen and oxygen atoms in total. The molecule has 1 amide bonds. The number of ether oxygens (including phenoxy) is 3. The molecule has 2 aliphatic rings. The van der Waals surface area contributed by atoms with E-state index in [1.54, 1.807) is 31.4 Å². The Bertz CT molecular complexity index is 1080. The molecule has 0 radical (unpaired) electrons. The lowest BCUT2D eigenvalue weighted by atomic mass is 9.81. The number of fused-ring (bicyclic) bond motifs is 2. The van der Waals surface area contributed by atoms with Gasteiger partial charge >= 0.3 is 0 Å². The van der Waals surface area contributed by atoms with Crippen LogP contribution in [0.5, 0.6) is 17.2 Å². The third kappa shape index (κ3) is 2.92. The Kier molecular flexibility index (Phi) is 4.66.